The summed E-state index contributed by atoms with van der Waals surface area (Å²) in [4.78, 5) is 13.9. The average Bonchev–Trinajstić information content (AvgIpc) is 2.13. The van der Waals surface area contributed by atoms with Gasteiger partial charge in [-0.1, -0.05) is 11.6 Å². The molecule has 1 N–H and O–H groups in total. The van der Waals surface area contributed by atoms with E-state index in [0.29, 0.717) is 10.2 Å². The highest BCUT2D eigenvalue weighted by Crippen LogP contribution is 2.13. The molecule has 0 aliphatic rings. The number of nitrogens with zero attached hydrogens (tertiary/aromatic N) is 1. The largest absolute Gasteiger partial charge is 0.481 e. The summed E-state index contributed by atoms with van der Waals surface area (Å²) in [6.07, 6.45) is -0.0443. The van der Waals surface area contributed by atoms with Crippen molar-refractivity contribution in [2.24, 2.45) is 0 Å². The molecule has 0 amide bonds. The van der Waals surface area contributed by atoms with Gasteiger partial charge in [-0.05, 0) is 0 Å². The monoisotopic (exact) mass is 177 g/mol. The molecule has 0 saturated heterocycles. The number of rotatable bonds is 2. The van der Waals surface area contributed by atoms with Crippen molar-refractivity contribution < 1.29 is 9.90 Å². The van der Waals surface area contributed by atoms with Crippen LogP contribution in [-0.2, 0) is 11.2 Å². The molecule has 10 heavy (non-hydrogen) atoms. The molecule has 5 heteroatoms. The average molecular weight is 178 g/mol. The highest BCUT2D eigenvalue weighted by atomic mass is 35.5. The fourth-order valence-electron chi connectivity index (χ4n) is 0.499. The van der Waals surface area contributed by atoms with E-state index < -0.39 is 5.97 Å². The van der Waals surface area contributed by atoms with Crippen LogP contribution in [0.1, 0.15) is 5.01 Å². The molecule has 0 unspecified atom stereocenters. The van der Waals surface area contributed by atoms with Crippen molar-refractivity contribution in [3.63, 3.8) is 0 Å². The molecule has 54 valence electrons. The minimum atomic E-state index is -0.883. The van der Waals surface area contributed by atoms with E-state index in [9.17, 15) is 4.79 Å². The Labute approximate surface area is 66.3 Å². The van der Waals surface area contributed by atoms with Crippen LogP contribution < -0.4 is 0 Å². The Morgan fingerprint density at radius 2 is 2.60 bits per heavy atom. The van der Waals surface area contributed by atoms with Gasteiger partial charge in [-0.2, -0.15) is 0 Å². The van der Waals surface area contributed by atoms with Crippen molar-refractivity contribution in [3.05, 3.63) is 15.5 Å². The Morgan fingerprint density at radius 1 is 1.90 bits per heavy atom. The minimum absolute atomic E-state index is 0.0443. The van der Waals surface area contributed by atoms with Crippen molar-refractivity contribution in [1.29, 1.82) is 0 Å². The van der Waals surface area contributed by atoms with Crippen molar-refractivity contribution in [2.75, 3.05) is 0 Å². The van der Waals surface area contributed by atoms with Crippen LogP contribution in [0.3, 0.4) is 0 Å². The lowest BCUT2D eigenvalue weighted by atomic mass is 10.5. The normalized spacial score (nSPS) is 9.70. The zero-order chi connectivity index (χ0) is 7.56. The van der Waals surface area contributed by atoms with Gasteiger partial charge in [-0.15, -0.1) is 11.3 Å². The van der Waals surface area contributed by atoms with Gasteiger partial charge in [-0.25, -0.2) is 4.98 Å². The van der Waals surface area contributed by atoms with Gasteiger partial charge in [0.05, 0.1) is 6.42 Å². The number of aromatic nitrogens is 1. The first-order valence-corrected chi connectivity index (χ1v) is 3.76. The highest BCUT2D eigenvalue weighted by molar-refractivity contribution is 7.10. The summed E-state index contributed by atoms with van der Waals surface area (Å²) in [6.45, 7) is 0. The Kier molecular flexibility index (Phi) is 2.24. The fraction of sp³-hybridized carbons (Fsp3) is 0.200. The summed E-state index contributed by atoms with van der Waals surface area (Å²) < 4.78 is 0. The lowest BCUT2D eigenvalue weighted by Gasteiger charge is -1.84. The van der Waals surface area contributed by atoms with Crippen LogP contribution in [0.25, 0.3) is 0 Å². The third kappa shape index (κ3) is 1.97. The lowest BCUT2D eigenvalue weighted by Crippen LogP contribution is -1.98. The molecule has 0 saturated carbocycles. The van der Waals surface area contributed by atoms with Gasteiger partial charge in [0, 0.05) is 5.38 Å². The topological polar surface area (TPSA) is 50.2 Å². The summed E-state index contributed by atoms with van der Waals surface area (Å²) >= 11 is 6.70. The van der Waals surface area contributed by atoms with Crippen LogP contribution in [-0.4, -0.2) is 16.1 Å². The van der Waals surface area contributed by atoms with Gasteiger partial charge in [0.25, 0.3) is 0 Å². The number of carboxylic acid groups (broad SMARTS) is 1. The number of carboxylic acids is 1. The summed E-state index contributed by atoms with van der Waals surface area (Å²) in [6, 6.07) is 0. The quantitative estimate of drug-likeness (QED) is 0.744. The molecular formula is C5H4ClNO2S. The molecule has 1 aromatic heterocycles. The van der Waals surface area contributed by atoms with Crippen LogP contribution in [0.5, 0.6) is 0 Å². The number of hydrogen-bond donors (Lipinski definition) is 1. The van der Waals surface area contributed by atoms with Gasteiger partial charge in [0.2, 0.25) is 0 Å². The van der Waals surface area contributed by atoms with E-state index in [0.717, 1.165) is 0 Å². The molecule has 1 heterocycles. The number of hydrogen-bond acceptors (Lipinski definition) is 3. The first-order chi connectivity index (χ1) is 4.68. The second kappa shape index (κ2) is 2.98. The Morgan fingerprint density at radius 3 is 3.00 bits per heavy atom. The molecule has 0 radical (unpaired) electrons. The van der Waals surface area contributed by atoms with Gasteiger partial charge < -0.3 is 5.11 Å². The predicted octanol–water partition coefficient (Wildman–Crippen LogP) is 1.42. The molecule has 0 bridgehead atoms. The van der Waals surface area contributed by atoms with Gasteiger partial charge in [-0.3, -0.25) is 4.79 Å². The maximum absolute atomic E-state index is 10.1. The summed E-state index contributed by atoms with van der Waals surface area (Å²) in [5.41, 5.74) is 0. The van der Waals surface area contributed by atoms with Crippen molar-refractivity contribution >= 4 is 28.9 Å². The minimum Gasteiger partial charge on any atom is -0.481 e. The van der Waals surface area contributed by atoms with E-state index in [1.807, 2.05) is 0 Å². The Bertz CT molecular complexity index is 248. The molecule has 0 fully saturated rings. The maximum Gasteiger partial charge on any atom is 0.310 e. The molecule has 1 aromatic rings. The van der Waals surface area contributed by atoms with Crippen molar-refractivity contribution in [1.82, 2.24) is 4.98 Å². The van der Waals surface area contributed by atoms with Gasteiger partial charge in [0.15, 0.2) is 0 Å². The van der Waals surface area contributed by atoms with E-state index in [1.54, 1.807) is 5.38 Å². The van der Waals surface area contributed by atoms with Crippen LogP contribution in [0, 0.1) is 0 Å². The molecule has 0 aliphatic heterocycles. The van der Waals surface area contributed by atoms with Gasteiger partial charge >= 0.3 is 5.97 Å². The Hall–Kier alpha value is -0.610. The standard InChI is InChI=1S/C5H4ClNO2S/c6-3-2-10-4(7-3)1-5(8)9/h2H,1H2,(H,8,9). The first-order valence-electron chi connectivity index (χ1n) is 2.50. The third-order valence-electron chi connectivity index (χ3n) is 0.826. The lowest BCUT2D eigenvalue weighted by molar-refractivity contribution is -0.136. The molecule has 1 rings (SSSR count). The second-order valence-electron chi connectivity index (χ2n) is 1.63. The number of halogens is 1. The van der Waals surface area contributed by atoms with Gasteiger partial charge in [0.1, 0.15) is 10.2 Å². The first kappa shape index (κ1) is 7.50. The van der Waals surface area contributed by atoms with Crippen LogP contribution in [0.4, 0.5) is 0 Å². The summed E-state index contributed by atoms with van der Waals surface area (Å²) in [7, 11) is 0. The molecule has 0 atom stereocenters. The fourth-order valence-corrected chi connectivity index (χ4v) is 1.43. The van der Waals surface area contributed by atoms with E-state index in [-0.39, 0.29) is 6.42 Å². The second-order valence-corrected chi connectivity index (χ2v) is 2.96. The van der Waals surface area contributed by atoms with Crippen molar-refractivity contribution in [3.8, 4) is 0 Å². The smallest absolute Gasteiger partial charge is 0.310 e. The van der Waals surface area contributed by atoms with Crippen LogP contribution >= 0.6 is 22.9 Å². The molecule has 3 nitrogen and oxygen atoms in total. The summed E-state index contributed by atoms with van der Waals surface area (Å²) in [5, 5.41) is 10.8. The molecule has 0 aromatic carbocycles. The van der Waals surface area contributed by atoms with Crippen LogP contribution in [0.2, 0.25) is 5.15 Å². The third-order valence-corrected chi connectivity index (χ3v) is 2.00. The van der Waals surface area contributed by atoms with E-state index in [4.69, 9.17) is 16.7 Å². The zero-order valence-corrected chi connectivity index (χ0v) is 6.45. The molecular weight excluding hydrogens is 174 g/mol. The molecule has 0 aliphatic carbocycles. The molecule has 0 spiro atoms. The SMILES string of the molecule is O=C(O)Cc1nc(Cl)cs1. The number of carbonyl (C=O) groups is 1. The number of thiazole rings is 1. The summed E-state index contributed by atoms with van der Waals surface area (Å²) in [5.74, 6) is -0.883. The maximum atomic E-state index is 10.1. The Balaban J connectivity index is 2.67. The predicted molar refractivity (Wildman–Crippen MR) is 38.5 cm³/mol. The van der Waals surface area contributed by atoms with E-state index >= 15 is 0 Å². The number of aliphatic carboxylic acids is 1. The van der Waals surface area contributed by atoms with E-state index in [1.165, 1.54) is 11.3 Å². The van der Waals surface area contributed by atoms with E-state index in [2.05, 4.69) is 4.98 Å². The van der Waals surface area contributed by atoms with Crippen molar-refractivity contribution in [2.45, 2.75) is 6.42 Å². The zero-order valence-electron chi connectivity index (χ0n) is 4.87. The van der Waals surface area contributed by atoms with Crippen LogP contribution in [0.15, 0.2) is 5.38 Å². The highest BCUT2D eigenvalue weighted by Gasteiger charge is 2.03.